The predicted octanol–water partition coefficient (Wildman–Crippen LogP) is -0.426. The molecule has 0 saturated carbocycles. The van der Waals surface area contributed by atoms with Gasteiger partial charge in [0.1, 0.15) is 0 Å². The summed E-state index contributed by atoms with van der Waals surface area (Å²) < 4.78 is 0. The summed E-state index contributed by atoms with van der Waals surface area (Å²) in [5.41, 5.74) is 0. The Bertz CT molecular complexity index is 203. The Hall–Kier alpha value is -0.160. The predicted molar refractivity (Wildman–Crippen MR) is 67.8 cm³/mol. The smallest absolute Gasteiger partial charge is 0.0345 e. The van der Waals surface area contributed by atoms with Gasteiger partial charge in [-0.1, -0.05) is 0 Å². The van der Waals surface area contributed by atoms with E-state index in [2.05, 4.69) is 34.5 Å². The highest BCUT2D eigenvalue weighted by Gasteiger charge is 2.22. The molecule has 0 spiro atoms. The van der Waals surface area contributed by atoms with Crippen molar-refractivity contribution >= 4 is 0 Å². The molecule has 0 aromatic rings. The Balaban J connectivity index is 1.63. The number of rotatable bonds is 4. The van der Waals surface area contributed by atoms with Gasteiger partial charge in [-0.3, -0.25) is 4.90 Å². The zero-order chi connectivity index (χ0) is 11.4. The average Bonchev–Trinajstić information content (AvgIpc) is 2.76. The summed E-state index contributed by atoms with van der Waals surface area (Å²) in [4.78, 5) is 4.91. The lowest BCUT2D eigenvalue weighted by atomic mass is 10.1. The molecule has 4 nitrogen and oxygen atoms in total. The van der Waals surface area contributed by atoms with E-state index in [1.165, 1.54) is 39.0 Å². The molecule has 2 saturated heterocycles. The van der Waals surface area contributed by atoms with Gasteiger partial charge in [0.15, 0.2) is 0 Å². The van der Waals surface area contributed by atoms with Crippen LogP contribution in [0.1, 0.15) is 12.8 Å². The summed E-state index contributed by atoms with van der Waals surface area (Å²) in [5.74, 6) is 0. The molecule has 0 bridgehead atoms. The van der Waals surface area contributed by atoms with Crippen LogP contribution < -0.4 is 10.6 Å². The highest BCUT2D eigenvalue weighted by Crippen LogP contribution is 2.06. The van der Waals surface area contributed by atoms with Crippen molar-refractivity contribution in [2.24, 2.45) is 0 Å². The summed E-state index contributed by atoms with van der Waals surface area (Å²) in [6.45, 7) is 7.06. The lowest BCUT2D eigenvalue weighted by Gasteiger charge is -2.38. The van der Waals surface area contributed by atoms with Crippen molar-refractivity contribution in [3.8, 4) is 0 Å². The van der Waals surface area contributed by atoms with Gasteiger partial charge < -0.3 is 15.5 Å². The first kappa shape index (κ1) is 12.3. The number of nitrogens with zero attached hydrogens (tertiary/aromatic N) is 2. The second-order valence-corrected chi connectivity index (χ2v) is 5.35. The van der Waals surface area contributed by atoms with E-state index in [4.69, 9.17) is 0 Å². The van der Waals surface area contributed by atoms with Crippen LogP contribution in [0.15, 0.2) is 0 Å². The largest absolute Gasteiger partial charge is 0.314 e. The summed E-state index contributed by atoms with van der Waals surface area (Å²) in [6.07, 6.45) is 2.69. The molecule has 94 valence electrons. The summed E-state index contributed by atoms with van der Waals surface area (Å²) >= 11 is 0. The van der Waals surface area contributed by atoms with Crippen molar-refractivity contribution in [1.29, 1.82) is 0 Å². The van der Waals surface area contributed by atoms with Gasteiger partial charge in [0.25, 0.3) is 0 Å². The monoisotopic (exact) mass is 226 g/mol. The Kier molecular flexibility index (Phi) is 4.58. The highest BCUT2D eigenvalue weighted by molar-refractivity contribution is 4.82. The molecule has 2 N–H and O–H groups in total. The second kappa shape index (κ2) is 5.96. The third kappa shape index (κ3) is 3.42. The van der Waals surface area contributed by atoms with Crippen LogP contribution in [0, 0.1) is 0 Å². The molecule has 2 fully saturated rings. The van der Waals surface area contributed by atoms with E-state index in [0.717, 1.165) is 13.1 Å². The van der Waals surface area contributed by atoms with Crippen LogP contribution >= 0.6 is 0 Å². The second-order valence-electron chi connectivity index (χ2n) is 5.35. The highest BCUT2D eigenvalue weighted by atomic mass is 15.3. The van der Waals surface area contributed by atoms with E-state index >= 15 is 0 Å². The molecule has 0 amide bonds. The molecule has 2 aliphatic heterocycles. The van der Waals surface area contributed by atoms with Gasteiger partial charge in [-0.05, 0) is 33.5 Å². The van der Waals surface area contributed by atoms with Crippen LogP contribution in [0.5, 0.6) is 0 Å². The molecular formula is C12H26N4. The van der Waals surface area contributed by atoms with E-state index in [-0.39, 0.29) is 0 Å². The van der Waals surface area contributed by atoms with Crippen LogP contribution in [0.3, 0.4) is 0 Å². The zero-order valence-corrected chi connectivity index (χ0v) is 10.7. The quantitative estimate of drug-likeness (QED) is 0.681. The summed E-state index contributed by atoms with van der Waals surface area (Å²) in [7, 11) is 4.46. The van der Waals surface area contributed by atoms with Gasteiger partial charge in [0, 0.05) is 44.8 Å². The Labute approximate surface area is 99.4 Å². The number of piperazine rings is 1. The maximum atomic E-state index is 3.62. The number of hydrogen-bond donors (Lipinski definition) is 2. The normalized spacial score (nSPS) is 33.4. The van der Waals surface area contributed by atoms with Crippen molar-refractivity contribution in [1.82, 2.24) is 20.4 Å². The molecular weight excluding hydrogens is 200 g/mol. The zero-order valence-electron chi connectivity index (χ0n) is 10.7. The minimum Gasteiger partial charge on any atom is -0.314 e. The van der Waals surface area contributed by atoms with Crippen molar-refractivity contribution in [3.05, 3.63) is 0 Å². The molecule has 16 heavy (non-hydrogen) atoms. The molecule has 4 heteroatoms. The molecule has 2 rings (SSSR count). The third-order valence-corrected chi connectivity index (χ3v) is 3.91. The van der Waals surface area contributed by atoms with Crippen molar-refractivity contribution in [2.45, 2.75) is 24.9 Å². The van der Waals surface area contributed by atoms with E-state index in [0.29, 0.717) is 12.1 Å². The van der Waals surface area contributed by atoms with Gasteiger partial charge in [-0.15, -0.1) is 0 Å². The Morgan fingerprint density at radius 1 is 1.25 bits per heavy atom. The Morgan fingerprint density at radius 3 is 2.88 bits per heavy atom. The van der Waals surface area contributed by atoms with Crippen LogP contribution in [-0.4, -0.2) is 75.2 Å². The maximum absolute atomic E-state index is 3.62. The fraction of sp³-hybridized carbons (Fsp3) is 1.00. The van der Waals surface area contributed by atoms with Gasteiger partial charge in [0.2, 0.25) is 0 Å². The minimum atomic E-state index is 0.681. The van der Waals surface area contributed by atoms with E-state index in [1.807, 2.05) is 0 Å². The number of nitrogens with one attached hydrogen (secondary N) is 2. The van der Waals surface area contributed by atoms with Crippen molar-refractivity contribution < 1.29 is 0 Å². The molecule has 2 aliphatic rings. The van der Waals surface area contributed by atoms with Crippen molar-refractivity contribution in [2.75, 3.05) is 53.4 Å². The molecule has 0 aromatic heterocycles. The van der Waals surface area contributed by atoms with Gasteiger partial charge >= 0.3 is 0 Å². The van der Waals surface area contributed by atoms with Crippen LogP contribution in [-0.2, 0) is 0 Å². The van der Waals surface area contributed by atoms with Crippen molar-refractivity contribution in [3.63, 3.8) is 0 Å². The van der Waals surface area contributed by atoms with E-state index in [1.54, 1.807) is 0 Å². The van der Waals surface area contributed by atoms with Gasteiger partial charge in [-0.2, -0.15) is 0 Å². The molecule has 0 radical (unpaired) electrons. The first-order valence-electron chi connectivity index (χ1n) is 6.58. The average molecular weight is 226 g/mol. The lowest BCUT2D eigenvalue weighted by molar-refractivity contribution is 0.113. The summed E-state index contributed by atoms with van der Waals surface area (Å²) in [6, 6.07) is 1.40. The molecule has 2 atom stereocenters. The standard InChI is InChI=1S/C12H26N4/c1-15-6-7-16(2)12(10-15)9-13-8-11-4-3-5-14-11/h11-14H,3-10H2,1-2H3. The molecule has 2 heterocycles. The van der Waals surface area contributed by atoms with Crippen LogP contribution in [0.25, 0.3) is 0 Å². The first-order chi connectivity index (χ1) is 7.75. The molecule has 2 unspecified atom stereocenters. The van der Waals surface area contributed by atoms with Crippen LogP contribution in [0.4, 0.5) is 0 Å². The molecule has 0 aromatic carbocycles. The SMILES string of the molecule is CN1CCN(C)C(CNCC2CCCN2)C1. The minimum absolute atomic E-state index is 0.681. The number of likely N-dealkylation sites (N-methyl/N-ethyl adjacent to an activating group) is 2. The summed E-state index contributed by atoms with van der Waals surface area (Å²) in [5, 5.41) is 7.14. The fourth-order valence-corrected chi connectivity index (χ4v) is 2.68. The third-order valence-electron chi connectivity index (χ3n) is 3.91. The van der Waals surface area contributed by atoms with E-state index in [9.17, 15) is 0 Å². The first-order valence-corrected chi connectivity index (χ1v) is 6.58. The Morgan fingerprint density at radius 2 is 2.12 bits per heavy atom. The maximum Gasteiger partial charge on any atom is 0.0345 e. The van der Waals surface area contributed by atoms with Gasteiger partial charge in [-0.25, -0.2) is 0 Å². The number of hydrogen-bond acceptors (Lipinski definition) is 4. The molecule has 0 aliphatic carbocycles. The van der Waals surface area contributed by atoms with E-state index < -0.39 is 0 Å². The van der Waals surface area contributed by atoms with Gasteiger partial charge in [0.05, 0.1) is 0 Å². The topological polar surface area (TPSA) is 30.5 Å². The fourth-order valence-electron chi connectivity index (χ4n) is 2.68. The van der Waals surface area contributed by atoms with Crippen LogP contribution in [0.2, 0.25) is 0 Å². The lowest BCUT2D eigenvalue weighted by Crippen LogP contribution is -2.54.